The van der Waals surface area contributed by atoms with Crippen molar-refractivity contribution in [3.05, 3.63) is 34.6 Å². The number of carbonyl (C=O) groups is 1. The molecule has 1 heterocycles. The highest BCUT2D eigenvalue weighted by atomic mass is 35.5. The second-order valence-electron chi connectivity index (χ2n) is 5.09. The Kier molecular flexibility index (Phi) is 3.91. The van der Waals surface area contributed by atoms with Crippen LogP contribution in [0.3, 0.4) is 0 Å². The van der Waals surface area contributed by atoms with Crippen LogP contribution >= 0.6 is 23.4 Å². The predicted molar refractivity (Wildman–Crippen MR) is 81.4 cm³/mol. The van der Waals surface area contributed by atoms with Gasteiger partial charge >= 0.3 is 5.97 Å². The Morgan fingerprint density at radius 3 is 2.90 bits per heavy atom. The first-order valence-electron chi connectivity index (χ1n) is 6.62. The van der Waals surface area contributed by atoms with Crippen LogP contribution in [0.2, 0.25) is 5.02 Å². The van der Waals surface area contributed by atoms with Gasteiger partial charge in [0.1, 0.15) is 5.82 Å². The van der Waals surface area contributed by atoms with Crippen molar-refractivity contribution < 1.29 is 9.90 Å². The number of nitrogens with zero attached hydrogens (tertiary/aromatic N) is 3. The molecule has 0 bridgehead atoms. The molecule has 0 atom stereocenters. The largest absolute Gasteiger partial charge is 0.481 e. The molecular weight excluding hydrogens is 310 g/mol. The number of benzene rings is 1. The summed E-state index contributed by atoms with van der Waals surface area (Å²) >= 11 is 7.48. The summed E-state index contributed by atoms with van der Waals surface area (Å²) in [5, 5.41) is 18.4. The molecule has 1 aromatic heterocycles. The summed E-state index contributed by atoms with van der Waals surface area (Å²) < 4.78 is 1.90. The third-order valence-corrected chi connectivity index (χ3v) is 4.50. The summed E-state index contributed by atoms with van der Waals surface area (Å²) in [7, 11) is 0. The van der Waals surface area contributed by atoms with Gasteiger partial charge in [0.25, 0.3) is 0 Å². The van der Waals surface area contributed by atoms with Crippen LogP contribution in [0.1, 0.15) is 30.1 Å². The Morgan fingerprint density at radius 1 is 1.48 bits per heavy atom. The smallest absolute Gasteiger partial charge is 0.313 e. The van der Waals surface area contributed by atoms with Gasteiger partial charge in [-0.3, -0.25) is 9.36 Å². The Hall–Kier alpha value is -1.53. The highest BCUT2D eigenvalue weighted by Gasteiger charge is 2.31. The van der Waals surface area contributed by atoms with E-state index in [2.05, 4.69) is 10.2 Å². The molecule has 1 aliphatic carbocycles. The van der Waals surface area contributed by atoms with E-state index in [4.69, 9.17) is 16.7 Å². The van der Waals surface area contributed by atoms with Crippen LogP contribution in [0.25, 0.3) is 5.69 Å². The van der Waals surface area contributed by atoms with Crippen LogP contribution in [-0.4, -0.2) is 31.6 Å². The number of aryl methyl sites for hydroxylation is 1. The van der Waals surface area contributed by atoms with Crippen molar-refractivity contribution in [2.75, 3.05) is 5.75 Å². The quantitative estimate of drug-likeness (QED) is 0.855. The molecule has 0 unspecified atom stereocenters. The van der Waals surface area contributed by atoms with E-state index < -0.39 is 5.97 Å². The summed E-state index contributed by atoms with van der Waals surface area (Å²) in [6, 6.07) is 5.76. The Morgan fingerprint density at radius 2 is 2.24 bits per heavy atom. The van der Waals surface area contributed by atoms with Gasteiger partial charge in [-0.2, -0.15) is 0 Å². The lowest BCUT2D eigenvalue weighted by Gasteiger charge is -2.12. The Balaban J connectivity index is 2.07. The second-order valence-corrected chi connectivity index (χ2v) is 6.44. The maximum absolute atomic E-state index is 10.8. The molecule has 3 rings (SSSR count). The fourth-order valence-electron chi connectivity index (χ4n) is 2.13. The lowest BCUT2D eigenvalue weighted by atomic mass is 10.2. The first kappa shape index (κ1) is 14.4. The first-order valence-corrected chi connectivity index (χ1v) is 7.99. The number of aliphatic carboxylic acids is 1. The minimum absolute atomic E-state index is 0.0494. The lowest BCUT2D eigenvalue weighted by Crippen LogP contribution is -2.05. The maximum atomic E-state index is 10.8. The number of hydrogen-bond donors (Lipinski definition) is 1. The van der Waals surface area contributed by atoms with Crippen molar-refractivity contribution in [3.8, 4) is 5.69 Å². The number of hydrogen-bond acceptors (Lipinski definition) is 4. The Bertz CT molecular complexity index is 698. The van der Waals surface area contributed by atoms with Crippen molar-refractivity contribution in [3.63, 3.8) is 0 Å². The summed E-state index contributed by atoms with van der Waals surface area (Å²) in [6.45, 7) is 1.99. The molecule has 0 aliphatic heterocycles. The van der Waals surface area contributed by atoms with Gasteiger partial charge < -0.3 is 5.11 Å². The van der Waals surface area contributed by atoms with E-state index >= 15 is 0 Å². The van der Waals surface area contributed by atoms with E-state index in [9.17, 15) is 4.79 Å². The minimum atomic E-state index is -0.877. The Labute approximate surface area is 131 Å². The predicted octanol–water partition coefficient (Wildman–Crippen LogP) is 3.28. The molecule has 1 N–H and O–H groups in total. The molecule has 1 aliphatic rings. The molecule has 21 heavy (non-hydrogen) atoms. The van der Waals surface area contributed by atoms with Crippen LogP contribution in [0.5, 0.6) is 0 Å². The number of halogens is 1. The molecule has 0 radical (unpaired) electrons. The SMILES string of the molecule is Cc1ccc(Cl)c(-n2c(SCC(=O)O)nnc2C2CC2)c1. The van der Waals surface area contributed by atoms with Crippen LogP contribution in [0.15, 0.2) is 23.4 Å². The maximum Gasteiger partial charge on any atom is 0.313 e. The molecule has 110 valence electrons. The molecule has 5 nitrogen and oxygen atoms in total. The van der Waals surface area contributed by atoms with Gasteiger partial charge in [0.15, 0.2) is 5.16 Å². The summed E-state index contributed by atoms with van der Waals surface area (Å²) in [5.74, 6) is 0.341. The number of aromatic nitrogens is 3. The van der Waals surface area contributed by atoms with Crippen molar-refractivity contribution in [2.45, 2.75) is 30.8 Å². The van der Waals surface area contributed by atoms with E-state index in [0.717, 1.165) is 41.7 Å². The number of carboxylic acid groups (broad SMARTS) is 1. The molecule has 1 saturated carbocycles. The van der Waals surface area contributed by atoms with Gasteiger partial charge in [-0.25, -0.2) is 0 Å². The highest BCUT2D eigenvalue weighted by Crippen LogP contribution is 2.42. The number of carboxylic acids is 1. The molecule has 7 heteroatoms. The first-order chi connectivity index (χ1) is 10.1. The lowest BCUT2D eigenvalue weighted by molar-refractivity contribution is -0.133. The van der Waals surface area contributed by atoms with Crippen molar-refractivity contribution >= 4 is 29.3 Å². The number of rotatable bonds is 5. The standard InChI is InChI=1S/C14H14ClN3O2S/c1-8-2-5-10(15)11(6-8)18-13(9-3-4-9)16-17-14(18)21-7-12(19)20/h2,5-6,9H,3-4,7H2,1H3,(H,19,20). The fourth-order valence-corrected chi connectivity index (χ4v) is 3.00. The van der Waals surface area contributed by atoms with Gasteiger partial charge in [-0.15, -0.1) is 10.2 Å². The zero-order chi connectivity index (χ0) is 15.0. The van der Waals surface area contributed by atoms with Crippen molar-refractivity contribution in [1.29, 1.82) is 0 Å². The van der Waals surface area contributed by atoms with Crippen LogP contribution in [-0.2, 0) is 4.79 Å². The van der Waals surface area contributed by atoms with Crippen molar-refractivity contribution in [2.24, 2.45) is 0 Å². The number of thioether (sulfide) groups is 1. The molecule has 0 amide bonds. The van der Waals surface area contributed by atoms with Gasteiger partial charge in [-0.1, -0.05) is 29.4 Å². The molecule has 1 fully saturated rings. The van der Waals surface area contributed by atoms with E-state index in [0.29, 0.717) is 16.1 Å². The third-order valence-electron chi connectivity index (χ3n) is 3.27. The summed E-state index contributed by atoms with van der Waals surface area (Å²) in [6.07, 6.45) is 2.18. The van der Waals surface area contributed by atoms with Crippen LogP contribution in [0.4, 0.5) is 0 Å². The van der Waals surface area contributed by atoms with Crippen LogP contribution < -0.4 is 0 Å². The van der Waals surface area contributed by atoms with E-state index in [1.807, 2.05) is 29.7 Å². The third kappa shape index (κ3) is 3.06. The van der Waals surface area contributed by atoms with Gasteiger partial charge in [0.2, 0.25) is 0 Å². The van der Waals surface area contributed by atoms with E-state index in [1.165, 1.54) is 0 Å². The molecule has 0 spiro atoms. The second kappa shape index (κ2) is 5.69. The summed E-state index contributed by atoms with van der Waals surface area (Å²) in [5.41, 5.74) is 1.90. The molecular formula is C14H14ClN3O2S. The fraction of sp³-hybridized carbons (Fsp3) is 0.357. The zero-order valence-corrected chi connectivity index (χ0v) is 13.0. The monoisotopic (exact) mass is 323 g/mol. The van der Waals surface area contributed by atoms with Gasteiger partial charge in [-0.05, 0) is 37.5 Å². The molecule has 1 aromatic carbocycles. The molecule has 0 saturated heterocycles. The van der Waals surface area contributed by atoms with Crippen LogP contribution in [0, 0.1) is 6.92 Å². The van der Waals surface area contributed by atoms with E-state index in [-0.39, 0.29) is 5.75 Å². The summed E-state index contributed by atoms with van der Waals surface area (Å²) in [4.78, 5) is 10.8. The van der Waals surface area contributed by atoms with E-state index in [1.54, 1.807) is 0 Å². The van der Waals surface area contributed by atoms with Gasteiger partial charge in [0.05, 0.1) is 16.5 Å². The average molecular weight is 324 g/mol. The van der Waals surface area contributed by atoms with Gasteiger partial charge in [0, 0.05) is 5.92 Å². The van der Waals surface area contributed by atoms with Crippen molar-refractivity contribution in [1.82, 2.24) is 14.8 Å². The zero-order valence-electron chi connectivity index (χ0n) is 11.4. The normalized spacial score (nSPS) is 14.4. The minimum Gasteiger partial charge on any atom is -0.481 e. The topological polar surface area (TPSA) is 68.0 Å². The highest BCUT2D eigenvalue weighted by molar-refractivity contribution is 7.99. The average Bonchev–Trinajstić information content (AvgIpc) is 3.20. The molecule has 2 aromatic rings.